The van der Waals surface area contributed by atoms with Gasteiger partial charge in [-0.1, -0.05) is 0 Å². The Balaban J connectivity index is 2.74. The fraction of sp³-hybridized carbons (Fsp3) is 0.667. The summed E-state index contributed by atoms with van der Waals surface area (Å²) in [6, 6.07) is 0. The van der Waals surface area contributed by atoms with Crippen molar-refractivity contribution in [1.29, 1.82) is 0 Å². The molecule has 1 fully saturated rings. The van der Waals surface area contributed by atoms with Crippen molar-refractivity contribution in [3.05, 3.63) is 0 Å². The quantitative estimate of drug-likeness (QED) is 0.387. The van der Waals surface area contributed by atoms with Gasteiger partial charge in [-0.15, -0.1) is 0 Å². The van der Waals surface area contributed by atoms with Crippen LogP contribution in [0, 0.1) is 0 Å². The van der Waals surface area contributed by atoms with Crippen molar-refractivity contribution in [2.45, 2.75) is 12.2 Å². The van der Waals surface area contributed by atoms with E-state index in [-0.39, 0.29) is 0 Å². The summed E-state index contributed by atoms with van der Waals surface area (Å²) in [7, 11) is 2.63. The molecule has 1 rings (SSSR count). The summed E-state index contributed by atoms with van der Waals surface area (Å²) in [5, 5.41) is 0. The lowest BCUT2D eigenvalue weighted by molar-refractivity contribution is -0.155. The van der Waals surface area contributed by atoms with Gasteiger partial charge in [-0.05, 0) is 0 Å². The van der Waals surface area contributed by atoms with Crippen LogP contribution in [0.1, 0.15) is 0 Å². The zero-order chi connectivity index (χ0) is 8.43. The molecule has 5 heteroatoms. The number of esters is 2. The molecule has 0 N–H and O–H groups in total. The molecular weight excluding hydrogens is 152 g/mol. The maximum Gasteiger partial charge on any atom is 0.346 e. The van der Waals surface area contributed by atoms with Crippen molar-refractivity contribution in [1.82, 2.24) is 0 Å². The Bertz CT molecular complexity index is 167. The van der Waals surface area contributed by atoms with Gasteiger partial charge in [-0.25, -0.2) is 9.59 Å². The van der Waals surface area contributed by atoms with Gasteiger partial charge < -0.3 is 14.2 Å². The Morgan fingerprint density at radius 3 is 1.73 bits per heavy atom. The van der Waals surface area contributed by atoms with Gasteiger partial charge in [-0.2, -0.15) is 0 Å². The third-order valence-corrected chi connectivity index (χ3v) is 1.45. The number of methoxy groups -OCH3 is 2. The lowest BCUT2D eigenvalue weighted by Gasteiger charge is -2.08. The third kappa shape index (κ3) is 1.24. The van der Waals surface area contributed by atoms with Crippen LogP contribution < -0.4 is 0 Å². The maximum absolute atomic E-state index is 10.7. The van der Waals surface area contributed by atoms with E-state index in [2.05, 4.69) is 14.2 Å². The minimum Gasteiger partial charge on any atom is -0.389 e. The van der Waals surface area contributed by atoms with Crippen LogP contribution in [0.2, 0.25) is 0 Å². The number of carbonyl (C=O) groups excluding carboxylic acids is 2. The highest BCUT2D eigenvalue weighted by Crippen LogP contribution is 2.14. The highest BCUT2D eigenvalue weighted by molar-refractivity contribution is 5.99. The first-order valence-corrected chi connectivity index (χ1v) is 3.02. The summed E-state index contributed by atoms with van der Waals surface area (Å²) >= 11 is 0. The van der Waals surface area contributed by atoms with Crippen molar-refractivity contribution < 1.29 is 23.8 Å². The summed E-state index contributed by atoms with van der Waals surface area (Å²) in [4.78, 5) is 21.5. The second-order valence-corrected chi connectivity index (χ2v) is 2.05. The highest BCUT2D eigenvalue weighted by atomic mass is 16.7. The van der Waals surface area contributed by atoms with E-state index in [1.807, 2.05) is 0 Å². The van der Waals surface area contributed by atoms with Crippen molar-refractivity contribution in [3.63, 3.8) is 0 Å². The summed E-state index contributed by atoms with van der Waals surface area (Å²) in [5.41, 5.74) is 0. The van der Waals surface area contributed by atoms with Crippen LogP contribution in [0.4, 0.5) is 0 Å². The maximum atomic E-state index is 10.7. The largest absolute Gasteiger partial charge is 0.389 e. The lowest BCUT2D eigenvalue weighted by atomic mass is 10.2. The topological polar surface area (TPSA) is 61.8 Å². The molecule has 0 aromatic carbocycles. The van der Waals surface area contributed by atoms with Crippen LogP contribution in [-0.4, -0.2) is 38.4 Å². The van der Waals surface area contributed by atoms with Crippen molar-refractivity contribution in [3.8, 4) is 0 Å². The first kappa shape index (κ1) is 8.16. The number of ether oxygens (including phenoxy) is 3. The van der Waals surface area contributed by atoms with Crippen LogP contribution in [-0.2, 0) is 23.8 Å². The van der Waals surface area contributed by atoms with E-state index in [1.165, 1.54) is 14.2 Å². The van der Waals surface area contributed by atoms with Gasteiger partial charge in [0, 0.05) is 14.2 Å². The highest BCUT2D eigenvalue weighted by Gasteiger charge is 2.45. The van der Waals surface area contributed by atoms with Crippen molar-refractivity contribution >= 4 is 11.9 Å². The average molecular weight is 160 g/mol. The molecule has 1 heterocycles. The summed E-state index contributed by atoms with van der Waals surface area (Å²) in [6.07, 6.45) is -1.82. The van der Waals surface area contributed by atoms with E-state index in [1.54, 1.807) is 0 Å². The van der Waals surface area contributed by atoms with E-state index >= 15 is 0 Å². The molecule has 0 saturated carbocycles. The molecule has 0 amide bonds. The van der Waals surface area contributed by atoms with Gasteiger partial charge in [0.2, 0.25) is 0 Å². The van der Waals surface area contributed by atoms with Crippen LogP contribution >= 0.6 is 0 Å². The zero-order valence-corrected chi connectivity index (χ0v) is 6.20. The molecule has 2 atom stereocenters. The molecule has 11 heavy (non-hydrogen) atoms. The zero-order valence-electron chi connectivity index (χ0n) is 6.20. The Hall–Kier alpha value is -0.940. The van der Waals surface area contributed by atoms with Gasteiger partial charge in [0.25, 0.3) is 0 Å². The van der Waals surface area contributed by atoms with Gasteiger partial charge in [0.15, 0.2) is 12.2 Å². The standard InChI is InChI=1S/C6H8O5/c1-9-3-4(10-2)6(8)11-5(3)7/h3-4H,1-2H3/t3-,4-/m0/s1. The fourth-order valence-corrected chi connectivity index (χ4v) is 0.902. The number of hydrogen-bond donors (Lipinski definition) is 0. The summed E-state index contributed by atoms with van der Waals surface area (Å²) in [6.45, 7) is 0. The predicted octanol–water partition coefficient (Wildman–Crippen LogP) is -0.900. The molecule has 0 radical (unpaired) electrons. The molecular formula is C6H8O5. The normalized spacial score (nSPS) is 30.7. The second kappa shape index (κ2) is 2.98. The van der Waals surface area contributed by atoms with E-state index in [0.29, 0.717) is 0 Å². The minimum absolute atomic E-state index is 0.690. The Morgan fingerprint density at radius 1 is 1.09 bits per heavy atom. The van der Waals surface area contributed by atoms with Gasteiger partial charge >= 0.3 is 11.9 Å². The number of rotatable bonds is 2. The smallest absolute Gasteiger partial charge is 0.346 e. The van der Waals surface area contributed by atoms with Crippen LogP contribution in [0.5, 0.6) is 0 Å². The molecule has 1 aliphatic rings. The molecule has 62 valence electrons. The van der Waals surface area contributed by atoms with Crippen LogP contribution in [0.3, 0.4) is 0 Å². The molecule has 5 nitrogen and oxygen atoms in total. The number of hydrogen-bond acceptors (Lipinski definition) is 5. The Labute approximate surface area is 63.2 Å². The van der Waals surface area contributed by atoms with E-state index in [9.17, 15) is 9.59 Å². The Kier molecular flexibility index (Phi) is 2.21. The van der Waals surface area contributed by atoms with Gasteiger partial charge in [0.1, 0.15) is 0 Å². The Morgan fingerprint density at radius 2 is 1.45 bits per heavy atom. The molecule has 1 saturated heterocycles. The van der Waals surface area contributed by atoms with Crippen LogP contribution in [0.25, 0.3) is 0 Å². The molecule has 0 spiro atoms. The van der Waals surface area contributed by atoms with Crippen molar-refractivity contribution in [2.75, 3.05) is 14.2 Å². The minimum atomic E-state index is -0.910. The molecule has 0 aromatic heterocycles. The molecule has 0 aromatic rings. The van der Waals surface area contributed by atoms with Crippen molar-refractivity contribution in [2.24, 2.45) is 0 Å². The average Bonchev–Trinajstić information content (AvgIpc) is 2.24. The SMILES string of the molecule is CO[C@@H]1C(=O)OC(=O)[C@H]1OC. The van der Waals surface area contributed by atoms with E-state index in [0.717, 1.165) is 0 Å². The lowest BCUT2D eigenvalue weighted by Crippen LogP contribution is -2.32. The monoisotopic (exact) mass is 160 g/mol. The number of cyclic esters (lactones) is 2. The summed E-state index contributed by atoms with van der Waals surface area (Å²) < 4.78 is 13.6. The predicted molar refractivity (Wildman–Crippen MR) is 32.7 cm³/mol. The fourth-order valence-electron chi connectivity index (χ4n) is 0.902. The van der Waals surface area contributed by atoms with E-state index in [4.69, 9.17) is 0 Å². The van der Waals surface area contributed by atoms with Crippen LogP contribution in [0.15, 0.2) is 0 Å². The van der Waals surface area contributed by atoms with E-state index < -0.39 is 24.1 Å². The number of carbonyl (C=O) groups is 2. The molecule has 0 unspecified atom stereocenters. The first-order valence-electron chi connectivity index (χ1n) is 3.02. The molecule has 0 bridgehead atoms. The van der Waals surface area contributed by atoms with Gasteiger partial charge in [-0.3, -0.25) is 0 Å². The molecule has 0 aliphatic carbocycles. The second-order valence-electron chi connectivity index (χ2n) is 2.05. The summed E-state index contributed by atoms with van der Waals surface area (Å²) in [5.74, 6) is -1.38. The molecule has 1 aliphatic heterocycles. The third-order valence-electron chi connectivity index (χ3n) is 1.45. The first-order chi connectivity index (χ1) is 5.20. The van der Waals surface area contributed by atoms with Gasteiger partial charge in [0.05, 0.1) is 0 Å².